The number of nitriles is 3. The second-order valence-corrected chi connectivity index (χ2v) is 7.49. The lowest BCUT2D eigenvalue weighted by Gasteiger charge is -2.51. The first kappa shape index (κ1) is 15.1. The normalized spacial score (nSPS) is 39.0. The van der Waals surface area contributed by atoms with Crippen LogP contribution >= 0.6 is 11.3 Å². The Kier molecular flexibility index (Phi) is 3.03. The molecule has 3 aliphatic rings. The van der Waals surface area contributed by atoms with Crippen LogP contribution in [0.15, 0.2) is 17.5 Å². The fourth-order valence-electron chi connectivity index (χ4n) is 4.56. The average molecular weight is 338 g/mol. The van der Waals surface area contributed by atoms with Gasteiger partial charge in [0, 0.05) is 11.3 Å². The molecule has 0 amide bonds. The molecule has 2 bridgehead atoms. The lowest BCUT2D eigenvalue weighted by Crippen LogP contribution is -2.60. The third-order valence-electron chi connectivity index (χ3n) is 5.62. The molecule has 3 heterocycles. The zero-order valence-corrected chi connectivity index (χ0v) is 13.6. The van der Waals surface area contributed by atoms with Crippen LogP contribution in [0.5, 0.6) is 0 Å². The van der Waals surface area contributed by atoms with Gasteiger partial charge in [0.15, 0.2) is 5.41 Å². The molecule has 0 aromatic carbocycles. The topological polar surface area (TPSA) is 114 Å². The van der Waals surface area contributed by atoms with Crippen molar-refractivity contribution in [2.24, 2.45) is 16.7 Å². The second-order valence-electron chi connectivity index (χ2n) is 6.51. The van der Waals surface area contributed by atoms with Crippen molar-refractivity contribution < 1.29 is 9.47 Å². The van der Waals surface area contributed by atoms with Gasteiger partial charge in [-0.25, -0.2) is 0 Å². The van der Waals surface area contributed by atoms with Crippen LogP contribution in [0.4, 0.5) is 0 Å². The predicted octanol–water partition coefficient (Wildman–Crippen LogP) is 3.26. The number of hydrogen-bond donors (Lipinski definition) is 1. The van der Waals surface area contributed by atoms with Gasteiger partial charge < -0.3 is 9.47 Å². The third kappa shape index (κ3) is 1.44. The van der Waals surface area contributed by atoms with E-state index in [0.29, 0.717) is 17.7 Å². The molecule has 0 spiro atoms. The molecular weight excluding hydrogens is 324 g/mol. The Balaban J connectivity index is 2.02. The van der Waals surface area contributed by atoms with Gasteiger partial charge in [0.2, 0.25) is 17.1 Å². The molecule has 1 aromatic rings. The van der Waals surface area contributed by atoms with E-state index >= 15 is 0 Å². The molecule has 1 aromatic heterocycles. The first-order chi connectivity index (χ1) is 11.6. The van der Waals surface area contributed by atoms with E-state index in [4.69, 9.17) is 14.9 Å². The second kappa shape index (κ2) is 4.80. The summed E-state index contributed by atoms with van der Waals surface area (Å²) < 4.78 is 12.1. The highest BCUT2D eigenvalue weighted by Gasteiger charge is 2.80. The number of nitrogens with zero attached hydrogens (tertiary/aromatic N) is 3. The van der Waals surface area contributed by atoms with Crippen molar-refractivity contribution >= 4 is 17.2 Å². The van der Waals surface area contributed by atoms with Gasteiger partial charge in [-0.05, 0) is 24.3 Å². The molecule has 24 heavy (non-hydrogen) atoms. The van der Waals surface area contributed by atoms with Crippen LogP contribution in [-0.2, 0) is 9.47 Å². The van der Waals surface area contributed by atoms with E-state index in [1.165, 1.54) is 11.3 Å². The number of rotatable bonds is 1. The fourth-order valence-corrected chi connectivity index (χ4v) is 5.37. The molecule has 0 radical (unpaired) electrons. The Morgan fingerprint density at radius 1 is 1.21 bits per heavy atom. The smallest absolute Gasteiger partial charge is 0.217 e. The van der Waals surface area contributed by atoms with E-state index in [-0.39, 0.29) is 5.90 Å². The van der Waals surface area contributed by atoms with E-state index < -0.39 is 28.6 Å². The highest BCUT2D eigenvalue weighted by molar-refractivity contribution is 7.10. The fraction of sp³-hybridized carbons (Fsp3) is 0.529. The minimum atomic E-state index is -1.80. The summed E-state index contributed by atoms with van der Waals surface area (Å²) in [4.78, 5) is 0.708. The monoisotopic (exact) mass is 338 g/mol. The summed E-state index contributed by atoms with van der Waals surface area (Å²) in [5, 5.41) is 40.2. The molecule has 1 saturated carbocycles. The van der Waals surface area contributed by atoms with Crippen molar-refractivity contribution in [1.82, 2.24) is 0 Å². The Bertz CT molecular complexity index is 816. The van der Waals surface area contributed by atoms with Gasteiger partial charge in [0.1, 0.15) is 6.10 Å². The van der Waals surface area contributed by atoms with Crippen molar-refractivity contribution in [2.75, 3.05) is 0 Å². The Hall–Kier alpha value is -2.40. The van der Waals surface area contributed by atoms with Crippen LogP contribution in [0.2, 0.25) is 0 Å². The highest BCUT2D eigenvalue weighted by atomic mass is 32.1. The van der Waals surface area contributed by atoms with Crippen LogP contribution in [0, 0.1) is 56.2 Å². The summed E-state index contributed by atoms with van der Waals surface area (Å²) in [6.07, 6.45) is 2.02. The molecule has 4 atom stereocenters. The van der Waals surface area contributed by atoms with Crippen molar-refractivity contribution in [3.05, 3.63) is 22.4 Å². The van der Waals surface area contributed by atoms with Gasteiger partial charge in [0.25, 0.3) is 0 Å². The minimum absolute atomic E-state index is 0.293. The molecule has 4 rings (SSSR count). The molecular formula is C17H14N4O2S. The maximum Gasteiger partial charge on any atom is 0.217 e. The van der Waals surface area contributed by atoms with Crippen LogP contribution in [0.3, 0.4) is 0 Å². The summed E-state index contributed by atoms with van der Waals surface area (Å²) in [7, 11) is 0. The third-order valence-corrected chi connectivity index (χ3v) is 6.53. The summed E-state index contributed by atoms with van der Waals surface area (Å²) in [5.41, 5.74) is -3.39. The molecule has 120 valence electrons. The Morgan fingerprint density at radius 2 is 2.00 bits per heavy atom. The van der Waals surface area contributed by atoms with Crippen LogP contribution in [0.25, 0.3) is 0 Å². The Labute approximate surface area is 143 Å². The zero-order chi connectivity index (χ0) is 17.0. The quantitative estimate of drug-likeness (QED) is 0.844. The zero-order valence-electron chi connectivity index (χ0n) is 12.8. The molecule has 1 aliphatic carbocycles. The van der Waals surface area contributed by atoms with Gasteiger partial charge in [-0.2, -0.15) is 15.8 Å². The van der Waals surface area contributed by atoms with Crippen molar-refractivity contribution in [3.63, 3.8) is 0 Å². The van der Waals surface area contributed by atoms with Crippen LogP contribution < -0.4 is 0 Å². The van der Waals surface area contributed by atoms with Crippen molar-refractivity contribution in [1.29, 1.82) is 21.2 Å². The lowest BCUT2D eigenvalue weighted by atomic mass is 9.52. The van der Waals surface area contributed by atoms with Gasteiger partial charge in [-0.15, -0.1) is 11.3 Å². The van der Waals surface area contributed by atoms with Crippen molar-refractivity contribution in [2.45, 2.75) is 37.6 Å². The van der Waals surface area contributed by atoms with Gasteiger partial charge >= 0.3 is 0 Å². The van der Waals surface area contributed by atoms with Crippen molar-refractivity contribution in [3.8, 4) is 18.2 Å². The molecule has 6 nitrogen and oxygen atoms in total. The molecule has 1 N–H and O–H groups in total. The standard InChI is InChI=1S/C17H14N4O2S/c18-8-15(9-19)13(11-4-3-7-24-11)22-17-6-2-1-5-12(17)16(15,10-20)14(21)23-17/h3-4,7,12-13,21H,1-2,5-6H2. The SMILES string of the molecule is N#CC1(C#N)C(c2cccs2)OC23CCCCC2C1(C#N)C(=N)O3. The molecule has 2 aliphatic heterocycles. The number of ether oxygens (including phenoxy) is 2. The summed E-state index contributed by atoms with van der Waals surface area (Å²) in [5.74, 6) is -1.83. The van der Waals surface area contributed by atoms with E-state index in [1.54, 1.807) is 6.07 Å². The van der Waals surface area contributed by atoms with Gasteiger partial charge in [-0.3, -0.25) is 5.41 Å². The summed E-state index contributed by atoms with van der Waals surface area (Å²) >= 11 is 1.38. The van der Waals surface area contributed by atoms with E-state index in [2.05, 4.69) is 18.2 Å². The summed E-state index contributed by atoms with van der Waals surface area (Å²) in [6, 6.07) is 9.91. The predicted molar refractivity (Wildman–Crippen MR) is 83.4 cm³/mol. The lowest BCUT2D eigenvalue weighted by molar-refractivity contribution is -0.293. The average Bonchev–Trinajstić information content (AvgIpc) is 3.19. The van der Waals surface area contributed by atoms with E-state index in [9.17, 15) is 15.8 Å². The number of thiophene rings is 1. The largest absolute Gasteiger partial charge is 0.447 e. The van der Waals surface area contributed by atoms with Gasteiger partial charge in [-0.1, -0.05) is 12.5 Å². The molecule has 2 saturated heterocycles. The van der Waals surface area contributed by atoms with Crippen LogP contribution in [0.1, 0.15) is 36.7 Å². The molecule has 4 unspecified atom stereocenters. The van der Waals surface area contributed by atoms with Gasteiger partial charge in [0.05, 0.1) is 24.1 Å². The van der Waals surface area contributed by atoms with Crippen LogP contribution in [-0.4, -0.2) is 11.7 Å². The Morgan fingerprint density at radius 3 is 2.62 bits per heavy atom. The van der Waals surface area contributed by atoms with E-state index in [0.717, 1.165) is 12.8 Å². The first-order valence-corrected chi connectivity index (χ1v) is 8.71. The maximum absolute atomic E-state index is 10.1. The first-order valence-electron chi connectivity index (χ1n) is 7.83. The van der Waals surface area contributed by atoms with E-state index in [1.807, 2.05) is 11.4 Å². The molecule has 3 fully saturated rings. The maximum atomic E-state index is 10.1. The highest BCUT2D eigenvalue weighted by Crippen LogP contribution is 2.69. The number of nitrogens with one attached hydrogen (secondary N) is 1. The number of hydrogen-bond acceptors (Lipinski definition) is 7. The molecule has 7 heteroatoms. The minimum Gasteiger partial charge on any atom is -0.447 e. The summed E-state index contributed by atoms with van der Waals surface area (Å²) in [6.45, 7) is 0.